The van der Waals surface area contributed by atoms with E-state index in [0.29, 0.717) is 33.0 Å². The molecular formula is C13H22N2O3S. The summed E-state index contributed by atoms with van der Waals surface area (Å²) in [5.74, 6) is 0. The van der Waals surface area contributed by atoms with E-state index in [-0.39, 0.29) is 0 Å². The average molecular weight is 286 g/mol. The van der Waals surface area contributed by atoms with Gasteiger partial charge in [0.05, 0.1) is 38.7 Å². The van der Waals surface area contributed by atoms with Crippen molar-refractivity contribution >= 4 is 11.3 Å². The number of rotatable bonds is 11. The number of thiazole rings is 1. The Morgan fingerprint density at radius 2 is 2.05 bits per heavy atom. The molecule has 0 aliphatic heterocycles. The molecule has 0 radical (unpaired) electrons. The molecule has 1 aliphatic carbocycles. The molecule has 1 aliphatic rings. The number of hydrogen-bond acceptors (Lipinski definition) is 6. The summed E-state index contributed by atoms with van der Waals surface area (Å²) >= 11 is 1.69. The van der Waals surface area contributed by atoms with Crippen LogP contribution in [0, 0.1) is 0 Å². The Bertz CT molecular complexity index is 355. The van der Waals surface area contributed by atoms with Gasteiger partial charge in [0, 0.05) is 25.1 Å². The lowest BCUT2D eigenvalue weighted by atomic mass is 10.5. The van der Waals surface area contributed by atoms with Gasteiger partial charge in [0.25, 0.3) is 0 Å². The lowest BCUT2D eigenvalue weighted by molar-refractivity contribution is 0.0193. The number of ether oxygens (including phenoxy) is 3. The highest BCUT2D eigenvalue weighted by molar-refractivity contribution is 7.09. The first-order valence-electron chi connectivity index (χ1n) is 6.69. The van der Waals surface area contributed by atoms with Crippen LogP contribution in [-0.2, 0) is 27.4 Å². The first-order chi connectivity index (χ1) is 9.38. The van der Waals surface area contributed by atoms with Gasteiger partial charge in [-0.05, 0) is 12.8 Å². The molecule has 0 atom stereocenters. The number of methoxy groups -OCH3 is 1. The van der Waals surface area contributed by atoms with Crippen molar-refractivity contribution in [3.63, 3.8) is 0 Å². The Morgan fingerprint density at radius 3 is 2.84 bits per heavy atom. The van der Waals surface area contributed by atoms with Crippen LogP contribution in [0.1, 0.15) is 23.5 Å². The minimum absolute atomic E-state index is 0.563. The predicted molar refractivity (Wildman–Crippen MR) is 74.3 cm³/mol. The molecule has 1 fully saturated rings. The first kappa shape index (κ1) is 14.9. The summed E-state index contributed by atoms with van der Waals surface area (Å²) in [6.07, 6.45) is 2.62. The summed E-state index contributed by atoms with van der Waals surface area (Å²) in [6, 6.07) is 0.729. The van der Waals surface area contributed by atoms with E-state index in [1.165, 1.54) is 12.8 Å². The highest BCUT2D eigenvalue weighted by Crippen LogP contribution is 2.20. The predicted octanol–water partition coefficient (Wildman–Crippen LogP) is 1.57. The van der Waals surface area contributed by atoms with Crippen LogP contribution in [0.25, 0.3) is 0 Å². The van der Waals surface area contributed by atoms with Gasteiger partial charge in [-0.2, -0.15) is 0 Å². The second-order valence-electron chi connectivity index (χ2n) is 4.55. The molecule has 19 heavy (non-hydrogen) atoms. The van der Waals surface area contributed by atoms with E-state index in [4.69, 9.17) is 14.2 Å². The van der Waals surface area contributed by atoms with E-state index in [1.54, 1.807) is 18.4 Å². The zero-order valence-corrected chi connectivity index (χ0v) is 12.2. The van der Waals surface area contributed by atoms with Crippen molar-refractivity contribution in [2.45, 2.75) is 32.0 Å². The number of nitrogens with zero attached hydrogens (tertiary/aromatic N) is 1. The minimum Gasteiger partial charge on any atom is -0.382 e. The molecule has 1 aromatic rings. The molecule has 0 amide bonds. The van der Waals surface area contributed by atoms with Crippen molar-refractivity contribution in [1.29, 1.82) is 0 Å². The minimum atomic E-state index is 0.563. The van der Waals surface area contributed by atoms with Gasteiger partial charge in [-0.15, -0.1) is 11.3 Å². The first-order valence-corrected chi connectivity index (χ1v) is 7.57. The van der Waals surface area contributed by atoms with Crippen molar-refractivity contribution in [1.82, 2.24) is 10.3 Å². The Hall–Kier alpha value is -0.530. The topological polar surface area (TPSA) is 52.6 Å². The van der Waals surface area contributed by atoms with Crippen LogP contribution in [0.3, 0.4) is 0 Å². The van der Waals surface area contributed by atoms with Gasteiger partial charge in [0.2, 0.25) is 0 Å². The Morgan fingerprint density at radius 1 is 1.26 bits per heavy atom. The van der Waals surface area contributed by atoms with Gasteiger partial charge >= 0.3 is 0 Å². The maximum Gasteiger partial charge on any atom is 0.107 e. The fraction of sp³-hybridized carbons (Fsp3) is 0.769. The summed E-state index contributed by atoms with van der Waals surface area (Å²) < 4.78 is 15.7. The fourth-order valence-corrected chi connectivity index (χ4v) is 2.28. The molecule has 1 saturated carbocycles. The SMILES string of the molecule is COCCOCCOCc1csc(CNC2CC2)n1. The monoisotopic (exact) mass is 286 g/mol. The third kappa shape index (κ3) is 6.44. The van der Waals surface area contributed by atoms with Crippen LogP contribution in [-0.4, -0.2) is 44.6 Å². The summed E-state index contributed by atoms with van der Waals surface area (Å²) in [6.45, 7) is 3.89. The summed E-state index contributed by atoms with van der Waals surface area (Å²) in [5.41, 5.74) is 1.01. The lowest BCUT2D eigenvalue weighted by Gasteiger charge is -2.04. The molecule has 5 nitrogen and oxygen atoms in total. The molecule has 0 bridgehead atoms. The van der Waals surface area contributed by atoms with Gasteiger partial charge in [-0.3, -0.25) is 0 Å². The molecule has 1 heterocycles. The molecule has 0 unspecified atom stereocenters. The van der Waals surface area contributed by atoms with Crippen molar-refractivity contribution < 1.29 is 14.2 Å². The molecule has 0 saturated heterocycles. The zero-order chi connectivity index (χ0) is 13.3. The highest BCUT2D eigenvalue weighted by atomic mass is 32.1. The van der Waals surface area contributed by atoms with E-state index in [9.17, 15) is 0 Å². The summed E-state index contributed by atoms with van der Waals surface area (Å²) in [7, 11) is 1.66. The quantitative estimate of drug-likeness (QED) is 0.626. The molecule has 2 rings (SSSR count). The van der Waals surface area contributed by atoms with Crippen molar-refractivity contribution in [3.05, 3.63) is 16.1 Å². The van der Waals surface area contributed by atoms with E-state index < -0.39 is 0 Å². The van der Waals surface area contributed by atoms with E-state index in [2.05, 4.69) is 15.7 Å². The van der Waals surface area contributed by atoms with Gasteiger partial charge in [-0.1, -0.05) is 0 Å². The van der Waals surface area contributed by atoms with Gasteiger partial charge < -0.3 is 19.5 Å². The maximum absolute atomic E-state index is 5.51. The van der Waals surface area contributed by atoms with Gasteiger partial charge in [0.15, 0.2) is 0 Å². The molecule has 108 valence electrons. The largest absolute Gasteiger partial charge is 0.382 e. The average Bonchev–Trinajstić information content (AvgIpc) is 3.15. The fourth-order valence-electron chi connectivity index (χ4n) is 1.55. The van der Waals surface area contributed by atoms with E-state index in [1.807, 2.05) is 0 Å². The molecule has 0 aromatic carbocycles. The second kappa shape index (κ2) is 8.60. The van der Waals surface area contributed by atoms with Crippen LogP contribution < -0.4 is 5.32 Å². The molecule has 1 N–H and O–H groups in total. The Labute approximate surface area is 118 Å². The van der Waals surface area contributed by atoms with Crippen LogP contribution in [0.5, 0.6) is 0 Å². The Kier molecular flexibility index (Phi) is 6.73. The number of nitrogens with one attached hydrogen (secondary N) is 1. The maximum atomic E-state index is 5.51. The summed E-state index contributed by atoms with van der Waals surface area (Å²) in [5, 5.41) is 6.66. The number of hydrogen-bond donors (Lipinski definition) is 1. The molecule has 0 spiro atoms. The van der Waals surface area contributed by atoms with E-state index >= 15 is 0 Å². The lowest BCUT2D eigenvalue weighted by Crippen LogP contribution is -2.15. The van der Waals surface area contributed by atoms with Crippen molar-refractivity contribution in [3.8, 4) is 0 Å². The van der Waals surface area contributed by atoms with E-state index in [0.717, 1.165) is 23.3 Å². The van der Waals surface area contributed by atoms with Gasteiger partial charge in [0.1, 0.15) is 5.01 Å². The van der Waals surface area contributed by atoms with Crippen LogP contribution in [0.2, 0.25) is 0 Å². The highest BCUT2D eigenvalue weighted by Gasteiger charge is 2.20. The molecule has 6 heteroatoms. The van der Waals surface area contributed by atoms with Crippen molar-refractivity contribution in [2.75, 3.05) is 33.5 Å². The van der Waals surface area contributed by atoms with Crippen LogP contribution in [0.4, 0.5) is 0 Å². The van der Waals surface area contributed by atoms with Gasteiger partial charge in [-0.25, -0.2) is 4.98 Å². The molecule has 1 aromatic heterocycles. The van der Waals surface area contributed by atoms with Crippen LogP contribution in [0.15, 0.2) is 5.38 Å². The molecular weight excluding hydrogens is 264 g/mol. The third-order valence-corrected chi connectivity index (χ3v) is 3.67. The smallest absolute Gasteiger partial charge is 0.107 e. The number of aromatic nitrogens is 1. The second-order valence-corrected chi connectivity index (χ2v) is 5.49. The normalized spacial score (nSPS) is 15.0. The Balaban J connectivity index is 1.50. The van der Waals surface area contributed by atoms with Crippen LogP contribution >= 0.6 is 11.3 Å². The van der Waals surface area contributed by atoms with Crippen molar-refractivity contribution in [2.24, 2.45) is 0 Å². The third-order valence-electron chi connectivity index (χ3n) is 2.77. The zero-order valence-electron chi connectivity index (χ0n) is 11.4. The summed E-state index contributed by atoms with van der Waals surface area (Å²) in [4.78, 5) is 4.53. The standard InChI is InChI=1S/C13H22N2O3S/c1-16-4-5-17-6-7-18-9-12-10-19-13(15-12)8-14-11-2-3-11/h10-11,14H,2-9H2,1H3.